The molecule has 0 saturated carbocycles. The third-order valence-electron chi connectivity index (χ3n) is 3.31. The number of benzene rings is 1. The van der Waals surface area contributed by atoms with Crippen LogP contribution >= 0.6 is 11.3 Å². The Hall–Kier alpha value is -1.94. The summed E-state index contributed by atoms with van der Waals surface area (Å²) in [4.78, 5) is 25.1. The molecule has 0 aliphatic heterocycles. The molecule has 0 atom stereocenters. The number of Topliss-reactive ketones (excluding diaryl/α,β-unsaturated/α-hetero) is 1. The first-order valence-corrected chi connectivity index (χ1v) is 7.84. The number of carbonyl (C=O) groups excluding carboxylic acids is 2. The number of hydrogen-bond donors (Lipinski definition) is 1. The minimum atomic E-state index is -0.0814. The molecule has 0 aliphatic rings. The van der Waals surface area contributed by atoms with Crippen LogP contribution in [0.15, 0.2) is 35.7 Å². The minimum absolute atomic E-state index is 0.0301. The van der Waals surface area contributed by atoms with Crippen molar-refractivity contribution in [3.8, 4) is 0 Å². The predicted octanol–water partition coefficient (Wildman–Crippen LogP) is 3.64. The highest BCUT2D eigenvalue weighted by molar-refractivity contribution is 7.09. The second kappa shape index (κ2) is 7.18. The van der Waals surface area contributed by atoms with Gasteiger partial charge in [-0.15, -0.1) is 11.3 Å². The molecule has 110 valence electrons. The number of carbonyl (C=O) groups is 2. The zero-order valence-electron chi connectivity index (χ0n) is 12.3. The number of rotatable bonds is 6. The van der Waals surface area contributed by atoms with E-state index in [-0.39, 0.29) is 24.5 Å². The van der Waals surface area contributed by atoms with Crippen molar-refractivity contribution >= 4 is 23.0 Å². The number of hydrogen-bond acceptors (Lipinski definition) is 3. The maximum atomic E-state index is 12.2. The van der Waals surface area contributed by atoms with Crippen molar-refractivity contribution in [3.05, 3.63) is 57.3 Å². The van der Waals surface area contributed by atoms with Gasteiger partial charge in [0.25, 0.3) is 0 Å². The van der Waals surface area contributed by atoms with Gasteiger partial charge in [0.15, 0.2) is 5.78 Å². The quantitative estimate of drug-likeness (QED) is 0.828. The topological polar surface area (TPSA) is 46.2 Å². The van der Waals surface area contributed by atoms with Crippen molar-refractivity contribution in [2.75, 3.05) is 0 Å². The second-order valence-electron chi connectivity index (χ2n) is 5.10. The molecule has 0 aliphatic carbocycles. The molecule has 2 rings (SSSR count). The van der Waals surface area contributed by atoms with E-state index in [4.69, 9.17) is 0 Å². The van der Waals surface area contributed by atoms with Crippen LogP contribution in [0, 0.1) is 13.8 Å². The van der Waals surface area contributed by atoms with E-state index in [9.17, 15) is 9.59 Å². The molecule has 0 fully saturated rings. The number of amides is 1. The summed E-state index contributed by atoms with van der Waals surface area (Å²) in [7, 11) is 0. The van der Waals surface area contributed by atoms with Crippen molar-refractivity contribution in [3.63, 3.8) is 0 Å². The zero-order valence-corrected chi connectivity index (χ0v) is 13.1. The fourth-order valence-corrected chi connectivity index (χ4v) is 2.73. The SMILES string of the molecule is Cc1ccc(C)c(C(=O)CCC(=O)NCc2cccs2)c1. The number of nitrogens with one attached hydrogen (secondary N) is 1. The van der Waals surface area contributed by atoms with Crippen molar-refractivity contribution in [1.82, 2.24) is 5.32 Å². The average Bonchev–Trinajstić information content (AvgIpc) is 2.98. The summed E-state index contributed by atoms with van der Waals surface area (Å²) in [6, 6.07) is 9.75. The van der Waals surface area contributed by atoms with Gasteiger partial charge in [-0.05, 0) is 36.9 Å². The van der Waals surface area contributed by atoms with Crippen LogP contribution in [0.25, 0.3) is 0 Å². The normalized spacial score (nSPS) is 10.4. The van der Waals surface area contributed by atoms with Crippen LogP contribution in [-0.2, 0) is 11.3 Å². The maximum absolute atomic E-state index is 12.2. The van der Waals surface area contributed by atoms with Crippen LogP contribution in [0.5, 0.6) is 0 Å². The molecule has 0 bridgehead atoms. The van der Waals surface area contributed by atoms with E-state index in [0.29, 0.717) is 6.54 Å². The molecule has 3 nitrogen and oxygen atoms in total. The second-order valence-corrected chi connectivity index (χ2v) is 6.13. The number of ketones is 1. The van der Waals surface area contributed by atoms with E-state index in [2.05, 4.69) is 5.32 Å². The summed E-state index contributed by atoms with van der Waals surface area (Å²) in [5.74, 6) is -0.0514. The van der Waals surface area contributed by atoms with Gasteiger partial charge >= 0.3 is 0 Å². The van der Waals surface area contributed by atoms with Crippen LogP contribution in [-0.4, -0.2) is 11.7 Å². The van der Waals surface area contributed by atoms with Gasteiger partial charge in [-0.2, -0.15) is 0 Å². The molecular formula is C17H19NO2S. The summed E-state index contributed by atoms with van der Waals surface area (Å²) in [5.41, 5.74) is 2.75. The molecule has 2 aromatic rings. The van der Waals surface area contributed by atoms with E-state index in [1.807, 2.05) is 49.6 Å². The van der Waals surface area contributed by atoms with E-state index in [0.717, 1.165) is 21.6 Å². The molecule has 1 amide bonds. The molecule has 0 spiro atoms. The number of aryl methyl sites for hydroxylation is 2. The van der Waals surface area contributed by atoms with Crippen molar-refractivity contribution in [2.24, 2.45) is 0 Å². The molecule has 0 radical (unpaired) electrons. The fraction of sp³-hybridized carbons (Fsp3) is 0.294. The molecule has 1 aromatic heterocycles. The lowest BCUT2D eigenvalue weighted by Crippen LogP contribution is -2.22. The lowest BCUT2D eigenvalue weighted by atomic mass is 9.99. The standard InChI is InChI=1S/C17H19NO2S/c1-12-5-6-13(2)15(10-12)16(19)7-8-17(20)18-11-14-4-3-9-21-14/h3-6,9-10H,7-8,11H2,1-2H3,(H,18,20). The van der Waals surface area contributed by atoms with Gasteiger partial charge in [0.1, 0.15) is 0 Å². The molecule has 1 heterocycles. The Labute approximate surface area is 129 Å². The number of thiophene rings is 1. The summed E-state index contributed by atoms with van der Waals surface area (Å²) >= 11 is 1.61. The zero-order chi connectivity index (χ0) is 15.2. The summed E-state index contributed by atoms with van der Waals surface area (Å²) < 4.78 is 0. The summed E-state index contributed by atoms with van der Waals surface area (Å²) in [6.07, 6.45) is 0.484. The van der Waals surface area contributed by atoms with Gasteiger partial charge in [-0.3, -0.25) is 9.59 Å². The van der Waals surface area contributed by atoms with E-state index in [1.54, 1.807) is 11.3 Å². The largest absolute Gasteiger partial charge is 0.351 e. The molecule has 21 heavy (non-hydrogen) atoms. The lowest BCUT2D eigenvalue weighted by Gasteiger charge is -2.07. The van der Waals surface area contributed by atoms with Crippen LogP contribution in [0.4, 0.5) is 0 Å². The van der Waals surface area contributed by atoms with E-state index < -0.39 is 0 Å². The summed E-state index contributed by atoms with van der Waals surface area (Å²) in [5, 5.41) is 4.81. The third-order valence-corrected chi connectivity index (χ3v) is 4.19. The van der Waals surface area contributed by atoms with Crippen LogP contribution in [0.1, 0.15) is 39.2 Å². The lowest BCUT2D eigenvalue weighted by molar-refractivity contribution is -0.121. The Morgan fingerprint density at radius 3 is 2.67 bits per heavy atom. The summed E-state index contributed by atoms with van der Waals surface area (Å²) in [6.45, 7) is 4.42. The molecule has 1 aromatic carbocycles. The highest BCUT2D eigenvalue weighted by atomic mass is 32.1. The van der Waals surface area contributed by atoms with Crippen molar-refractivity contribution in [1.29, 1.82) is 0 Å². The minimum Gasteiger partial charge on any atom is -0.351 e. The highest BCUT2D eigenvalue weighted by Gasteiger charge is 2.11. The Kier molecular flexibility index (Phi) is 5.28. The maximum Gasteiger partial charge on any atom is 0.220 e. The van der Waals surface area contributed by atoms with Gasteiger partial charge < -0.3 is 5.32 Å². The fourth-order valence-electron chi connectivity index (χ4n) is 2.09. The Morgan fingerprint density at radius 1 is 1.14 bits per heavy atom. The average molecular weight is 301 g/mol. The Balaban J connectivity index is 1.83. The van der Waals surface area contributed by atoms with Gasteiger partial charge in [-0.25, -0.2) is 0 Å². The van der Waals surface area contributed by atoms with Crippen LogP contribution in [0.3, 0.4) is 0 Å². The highest BCUT2D eigenvalue weighted by Crippen LogP contribution is 2.14. The van der Waals surface area contributed by atoms with Crippen LogP contribution in [0.2, 0.25) is 0 Å². The Bertz CT molecular complexity index is 632. The van der Waals surface area contributed by atoms with Crippen molar-refractivity contribution < 1.29 is 9.59 Å². The third kappa shape index (κ3) is 4.53. The Morgan fingerprint density at radius 2 is 1.95 bits per heavy atom. The van der Waals surface area contributed by atoms with E-state index in [1.165, 1.54) is 0 Å². The van der Waals surface area contributed by atoms with Gasteiger partial charge in [-0.1, -0.05) is 23.8 Å². The molecule has 1 N–H and O–H groups in total. The van der Waals surface area contributed by atoms with Gasteiger partial charge in [0.05, 0.1) is 6.54 Å². The van der Waals surface area contributed by atoms with Gasteiger partial charge in [0, 0.05) is 23.3 Å². The van der Waals surface area contributed by atoms with Crippen molar-refractivity contribution in [2.45, 2.75) is 33.2 Å². The van der Waals surface area contributed by atoms with Crippen LogP contribution < -0.4 is 5.32 Å². The smallest absolute Gasteiger partial charge is 0.220 e. The first-order valence-electron chi connectivity index (χ1n) is 6.96. The first kappa shape index (κ1) is 15.4. The van der Waals surface area contributed by atoms with Gasteiger partial charge in [0.2, 0.25) is 5.91 Å². The monoisotopic (exact) mass is 301 g/mol. The predicted molar refractivity (Wildman–Crippen MR) is 85.6 cm³/mol. The molecule has 4 heteroatoms. The van der Waals surface area contributed by atoms with E-state index >= 15 is 0 Å². The molecule has 0 saturated heterocycles. The molecular weight excluding hydrogens is 282 g/mol. The molecule has 0 unspecified atom stereocenters. The first-order chi connectivity index (χ1) is 10.1.